The van der Waals surface area contributed by atoms with E-state index in [1.165, 1.54) is 0 Å². The SMILES string of the molecule is CC(C)(C)S(=O)(=O)NCC1CCC(Nc2nc(C3(F)CC(F)(F)C3)no2)CC1. The van der Waals surface area contributed by atoms with E-state index in [1.54, 1.807) is 20.8 Å². The van der Waals surface area contributed by atoms with Gasteiger partial charge >= 0.3 is 6.01 Å². The summed E-state index contributed by atoms with van der Waals surface area (Å²) in [5.74, 6) is -3.12. The molecule has 1 heterocycles. The zero-order valence-corrected chi connectivity index (χ0v) is 17.1. The third-order valence-corrected chi connectivity index (χ3v) is 7.61. The normalized spacial score (nSPS) is 27.2. The van der Waals surface area contributed by atoms with Crippen LogP contribution in [0, 0.1) is 5.92 Å². The summed E-state index contributed by atoms with van der Waals surface area (Å²) in [6, 6.07) is 0.0568. The molecule has 0 unspecified atom stereocenters. The number of hydrogen-bond donors (Lipinski definition) is 2. The number of rotatable bonds is 6. The summed E-state index contributed by atoms with van der Waals surface area (Å²) < 4.78 is 71.2. The first kappa shape index (κ1) is 21.4. The molecule has 2 aliphatic rings. The number of alkyl halides is 3. The lowest BCUT2D eigenvalue weighted by Gasteiger charge is -2.38. The Morgan fingerprint density at radius 2 is 1.75 bits per heavy atom. The van der Waals surface area contributed by atoms with Gasteiger partial charge in [-0.3, -0.25) is 0 Å². The third kappa shape index (κ3) is 4.61. The van der Waals surface area contributed by atoms with Crippen LogP contribution < -0.4 is 10.0 Å². The van der Waals surface area contributed by atoms with Gasteiger partial charge in [-0.2, -0.15) is 4.98 Å². The van der Waals surface area contributed by atoms with Gasteiger partial charge < -0.3 is 9.84 Å². The largest absolute Gasteiger partial charge is 0.335 e. The van der Waals surface area contributed by atoms with Crippen molar-refractivity contribution < 1.29 is 26.1 Å². The maximum atomic E-state index is 14.3. The summed E-state index contributed by atoms with van der Waals surface area (Å²) in [4.78, 5) is 3.89. The molecule has 0 atom stereocenters. The highest BCUT2D eigenvalue weighted by molar-refractivity contribution is 7.90. The smallest absolute Gasteiger partial charge is 0.321 e. The van der Waals surface area contributed by atoms with Gasteiger partial charge in [0.25, 0.3) is 5.92 Å². The minimum Gasteiger partial charge on any atom is -0.335 e. The Labute approximate surface area is 162 Å². The fraction of sp³-hybridized carbons (Fsp3) is 0.882. The number of sulfonamides is 1. The summed E-state index contributed by atoms with van der Waals surface area (Å²) in [6.45, 7) is 5.36. The van der Waals surface area contributed by atoms with Crippen molar-refractivity contribution in [1.82, 2.24) is 14.9 Å². The summed E-state index contributed by atoms with van der Waals surface area (Å²) >= 11 is 0. The van der Waals surface area contributed by atoms with E-state index in [0.29, 0.717) is 6.54 Å². The molecule has 2 fully saturated rings. The van der Waals surface area contributed by atoms with Crippen LogP contribution in [-0.2, 0) is 15.7 Å². The van der Waals surface area contributed by atoms with Gasteiger partial charge in [0.2, 0.25) is 15.8 Å². The zero-order valence-electron chi connectivity index (χ0n) is 16.3. The van der Waals surface area contributed by atoms with E-state index in [-0.39, 0.29) is 23.8 Å². The maximum Gasteiger partial charge on any atom is 0.321 e. The molecule has 0 spiro atoms. The highest BCUT2D eigenvalue weighted by Crippen LogP contribution is 2.53. The van der Waals surface area contributed by atoms with Crippen molar-refractivity contribution in [3.8, 4) is 0 Å². The molecule has 0 saturated heterocycles. The second-order valence-corrected chi connectivity index (χ2v) is 11.4. The molecule has 160 valence electrons. The van der Waals surface area contributed by atoms with E-state index >= 15 is 0 Å². The molecule has 1 aromatic rings. The summed E-state index contributed by atoms with van der Waals surface area (Å²) in [5, 5.41) is 6.53. The molecular weight excluding hydrogens is 397 g/mol. The predicted molar refractivity (Wildman–Crippen MR) is 97.3 cm³/mol. The standard InChI is InChI=1S/C17H27F3N4O3S/c1-15(2,3)28(25,26)21-8-11-4-6-12(7-5-11)22-14-23-13(24-27-14)16(18)9-17(19,20)10-16/h11-12,21H,4-10H2,1-3H3,(H,22,23,24). The molecule has 2 aliphatic carbocycles. The van der Waals surface area contributed by atoms with Crippen molar-refractivity contribution in [3.63, 3.8) is 0 Å². The number of hydrogen-bond acceptors (Lipinski definition) is 6. The Balaban J connectivity index is 1.45. The average molecular weight is 424 g/mol. The minimum absolute atomic E-state index is 0.0270. The highest BCUT2D eigenvalue weighted by atomic mass is 32.2. The van der Waals surface area contributed by atoms with E-state index in [4.69, 9.17) is 4.52 Å². The second kappa shape index (κ2) is 7.16. The molecule has 0 aromatic carbocycles. The van der Waals surface area contributed by atoms with Crippen LogP contribution in [0.2, 0.25) is 0 Å². The minimum atomic E-state index is -3.36. The van der Waals surface area contributed by atoms with Gasteiger partial charge in [0.15, 0.2) is 5.67 Å². The summed E-state index contributed by atoms with van der Waals surface area (Å²) in [6.07, 6.45) is 1.30. The van der Waals surface area contributed by atoms with E-state index in [1.807, 2.05) is 0 Å². The zero-order chi connectivity index (χ0) is 20.8. The van der Waals surface area contributed by atoms with Gasteiger partial charge in [0, 0.05) is 12.6 Å². The molecule has 2 saturated carbocycles. The summed E-state index contributed by atoms with van der Waals surface area (Å²) in [5.41, 5.74) is -2.23. The number of nitrogens with zero attached hydrogens (tertiary/aromatic N) is 2. The quantitative estimate of drug-likeness (QED) is 0.727. The Bertz CT molecular complexity index is 791. The molecule has 0 radical (unpaired) electrons. The Kier molecular flexibility index (Phi) is 5.46. The fourth-order valence-corrected chi connectivity index (χ4v) is 4.41. The molecule has 3 rings (SSSR count). The first-order valence-corrected chi connectivity index (χ1v) is 10.9. The molecule has 0 amide bonds. The first-order valence-electron chi connectivity index (χ1n) is 9.46. The number of aromatic nitrogens is 2. The Hall–Kier alpha value is -1.36. The molecule has 11 heteroatoms. The Morgan fingerprint density at radius 1 is 1.14 bits per heavy atom. The highest BCUT2D eigenvalue weighted by Gasteiger charge is 2.61. The van der Waals surface area contributed by atoms with Crippen molar-refractivity contribution in [2.24, 2.45) is 5.92 Å². The molecule has 0 bridgehead atoms. The van der Waals surface area contributed by atoms with Crippen LogP contribution in [0.4, 0.5) is 19.2 Å². The monoisotopic (exact) mass is 424 g/mol. The predicted octanol–water partition coefficient (Wildman–Crippen LogP) is 3.35. The first-order chi connectivity index (χ1) is 12.8. The van der Waals surface area contributed by atoms with Gasteiger partial charge in [-0.05, 0) is 52.4 Å². The lowest BCUT2D eigenvalue weighted by molar-refractivity contribution is -0.178. The van der Waals surface area contributed by atoms with Crippen LogP contribution in [0.1, 0.15) is 65.1 Å². The van der Waals surface area contributed by atoms with E-state index < -0.39 is 39.2 Å². The Morgan fingerprint density at radius 3 is 2.29 bits per heavy atom. The lowest BCUT2D eigenvalue weighted by atomic mass is 9.78. The molecule has 28 heavy (non-hydrogen) atoms. The van der Waals surface area contributed by atoms with Crippen LogP contribution in [0.25, 0.3) is 0 Å². The average Bonchev–Trinajstić information content (AvgIpc) is 3.00. The van der Waals surface area contributed by atoms with Crippen LogP contribution in [0.3, 0.4) is 0 Å². The van der Waals surface area contributed by atoms with Crippen molar-refractivity contribution in [2.75, 3.05) is 11.9 Å². The lowest BCUT2D eigenvalue weighted by Crippen LogP contribution is -2.46. The number of anilines is 1. The fourth-order valence-electron chi connectivity index (χ4n) is 3.52. The van der Waals surface area contributed by atoms with Crippen LogP contribution >= 0.6 is 0 Å². The summed E-state index contributed by atoms with van der Waals surface area (Å²) in [7, 11) is -3.36. The molecule has 2 N–H and O–H groups in total. The van der Waals surface area contributed by atoms with Gasteiger partial charge in [0.05, 0.1) is 17.6 Å². The van der Waals surface area contributed by atoms with Crippen molar-refractivity contribution >= 4 is 16.0 Å². The molecule has 0 aliphatic heterocycles. The van der Waals surface area contributed by atoms with E-state index in [9.17, 15) is 21.6 Å². The second-order valence-electron chi connectivity index (χ2n) is 8.92. The van der Waals surface area contributed by atoms with Gasteiger partial charge in [0.1, 0.15) is 0 Å². The number of halogens is 3. The maximum absolute atomic E-state index is 14.3. The van der Waals surface area contributed by atoms with Crippen molar-refractivity contribution in [1.29, 1.82) is 0 Å². The molecular formula is C17H27F3N4O3S. The van der Waals surface area contributed by atoms with Crippen LogP contribution in [0.15, 0.2) is 4.52 Å². The van der Waals surface area contributed by atoms with Crippen molar-refractivity contribution in [2.45, 2.75) is 81.7 Å². The van der Waals surface area contributed by atoms with Crippen LogP contribution in [0.5, 0.6) is 0 Å². The van der Waals surface area contributed by atoms with Crippen molar-refractivity contribution in [3.05, 3.63) is 5.82 Å². The third-order valence-electron chi connectivity index (χ3n) is 5.45. The van der Waals surface area contributed by atoms with Gasteiger partial charge in [-0.25, -0.2) is 26.3 Å². The molecule has 7 nitrogen and oxygen atoms in total. The van der Waals surface area contributed by atoms with Gasteiger partial charge in [-0.15, -0.1) is 0 Å². The van der Waals surface area contributed by atoms with Gasteiger partial charge in [-0.1, -0.05) is 5.16 Å². The topological polar surface area (TPSA) is 97.1 Å². The van der Waals surface area contributed by atoms with E-state index in [0.717, 1.165) is 25.7 Å². The van der Waals surface area contributed by atoms with E-state index in [2.05, 4.69) is 20.2 Å². The van der Waals surface area contributed by atoms with Crippen LogP contribution in [-0.4, -0.2) is 41.8 Å². The number of nitrogens with one attached hydrogen (secondary N) is 2. The molecule has 1 aromatic heterocycles.